The maximum Gasteiger partial charge on any atom is 0.292 e. The smallest absolute Gasteiger partial charge is 0.292 e. The topological polar surface area (TPSA) is 103 Å². The van der Waals surface area contributed by atoms with Crippen LogP contribution in [0.5, 0.6) is 0 Å². The zero-order valence-electron chi connectivity index (χ0n) is 14.3. The third-order valence-corrected chi connectivity index (χ3v) is 5.91. The van der Waals surface area contributed by atoms with E-state index in [1.165, 1.54) is 28.6 Å². The normalized spacial score (nSPS) is 21.6. The SMILES string of the molecule is O=C([O-])[C@H]1COC2(CCN(C(=O)c3cccs3)CC2)N1C(=O)c1ccco1. The second-order valence-electron chi connectivity index (χ2n) is 6.51. The van der Waals surface area contributed by atoms with Crippen LogP contribution in [0.3, 0.4) is 0 Å². The zero-order valence-corrected chi connectivity index (χ0v) is 15.1. The zero-order chi connectivity index (χ0) is 19.0. The summed E-state index contributed by atoms with van der Waals surface area (Å²) in [4.78, 5) is 40.5. The minimum absolute atomic E-state index is 0.0446. The van der Waals surface area contributed by atoms with E-state index in [0.717, 1.165) is 0 Å². The highest BCUT2D eigenvalue weighted by molar-refractivity contribution is 7.12. The van der Waals surface area contributed by atoms with Crippen LogP contribution in [0.25, 0.3) is 0 Å². The molecule has 27 heavy (non-hydrogen) atoms. The van der Waals surface area contributed by atoms with Crippen molar-refractivity contribution in [2.75, 3.05) is 19.7 Å². The quantitative estimate of drug-likeness (QED) is 0.760. The third kappa shape index (κ3) is 3.02. The first kappa shape index (κ1) is 17.7. The van der Waals surface area contributed by atoms with Gasteiger partial charge in [-0.3, -0.25) is 14.5 Å². The van der Waals surface area contributed by atoms with Crippen LogP contribution in [0, 0.1) is 0 Å². The molecule has 2 aliphatic rings. The summed E-state index contributed by atoms with van der Waals surface area (Å²) in [6, 6.07) is 5.44. The number of ether oxygens (including phenoxy) is 1. The molecule has 2 aliphatic heterocycles. The number of thiophene rings is 1. The number of amides is 2. The van der Waals surface area contributed by atoms with Crippen LogP contribution >= 0.6 is 11.3 Å². The largest absolute Gasteiger partial charge is 0.548 e. The molecular weight excluding hydrogens is 372 g/mol. The summed E-state index contributed by atoms with van der Waals surface area (Å²) in [5.74, 6) is -1.95. The van der Waals surface area contributed by atoms with Crippen molar-refractivity contribution in [3.05, 3.63) is 46.5 Å². The van der Waals surface area contributed by atoms with E-state index in [9.17, 15) is 19.5 Å². The van der Waals surface area contributed by atoms with Crippen molar-refractivity contribution in [3.63, 3.8) is 0 Å². The number of furan rings is 1. The van der Waals surface area contributed by atoms with Gasteiger partial charge in [0.1, 0.15) is 5.72 Å². The van der Waals surface area contributed by atoms with Gasteiger partial charge in [-0.25, -0.2) is 0 Å². The Balaban J connectivity index is 1.55. The number of carbonyl (C=O) groups excluding carboxylic acids is 3. The van der Waals surface area contributed by atoms with Gasteiger partial charge in [0.2, 0.25) is 0 Å². The van der Waals surface area contributed by atoms with Crippen LogP contribution in [0.15, 0.2) is 40.3 Å². The van der Waals surface area contributed by atoms with Crippen LogP contribution in [-0.4, -0.2) is 59.0 Å². The van der Waals surface area contributed by atoms with Gasteiger partial charge in [-0.1, -0.05) is 6.07 Å². The van der Waals surface area contributed by atoms with Crippen LogP contribution in [0.4, 0.5) is 0 Å². The summed E-state index contributed by atoms with van der Waals surface area (Å²) in [5.41, 5.74) is -1.08. The van der Waals surface area contributed by atoms with Gasteiger partial charge in [0, 0.05) is 25.9 Å². The molecule has 0 unspecified atom stereocenters. The van der Waals surface area contributed by atoms with Gasteiger partial charge in [-0.2, -0.15) is 0 Å². The van der Waals surface area contributed by atoms with Crippen molar-refractivity contribution in [2.45, 2.75) is 24.6 Å². The standard InChI is InChI=1S/C18H18N2O6S/c21-15(13-3-1-9-25-13)20-12(17(23)24)11-26-18(20)5-7-19(8-6-18)16(22)14-4-2-10-27-14/h1-4,9-10,12H,5-8,11H2,(H,23,24)/p-1/t12-/m1/s1. The molecule has 0 N–H and O–H groups in total. The van der Waals surface area contributed by atoms with Gasteiger partial charge in [-0.15, -0.1) is 11.3 Å². The van der Waals surface area contributed by atoms with E-state index in [1.54, 1.807) is 17.0 Å². The Morgan fingerprint density at radius 3 is 2.52 bits per heavy atom. The maximum absolute atomic E-state index is 12.9. The monoisotopic (exact) mass is 389 g/mol. The summed E-state index contributed by atoms with van der Waals surface area (Å²) >= 11 is 1.37. The number of carboxylic acid groups (broad SMARTS) is 1. The van der Waals surface area contributed by atoms with Gasteiger partial charge in [0.25, 0.3) is 11.8 Å². The van der Waals surface area contributed by atoms with Gasteiger partial charge in [0.15, 0.2) is 5.76 Å². The Hall–Kier alpha value is -2.65. The highest BCUT2D eigenvalue weighted by Gasteiger charge is 2.53. The first-order valence-electron chi connectivity index (χ1n) is 8.57. The number of hydrogen-bond donors (Lipinski definition) is 0. The molecule has 1 spiro atoms. The second kappa shape index (κ2) is 6.82. The summed E-state index contributed by atoms with van der Waals surface area (Å²) in [7, 11) is 0. The summed E-state index contributed by atoms with van der Waals surface area (Å²) in [6.45, 7) is 0.574. The number of carboxylic acids is 1. The lowest BCUT2D eigenvalue weighted by atomic mass is 9.97. The fraction of sp³-hybridized carbons (Fsp3) is 0.389. The number of aliphatic carboxylic acids is 1. The maximum atomic E-state index is 12.9. The molecule has 0 aliphatic carbocycles. The van der Waals surface area contributed by atoms with E-state index in [1.807, 2.05) is 11.4 Å². The molecule has 2 fully saturated rings. The van der Waals surface area contributed by atoms with Crippen LogP contribution in [0.2, 0.25) is 0 Å². The minimum atomic E-state index is -1.37. The summed E-state index contributed by atoms with van der Waals surface area (Å²) in [5, 5.41) is 13.4. The van der Waals surface area contributed by atoms with E-state index in [0.29, 0.717) is 30.8 Å². The second-order valence-corrected chi connectivity index (χ2v) is 7.46. The Labute approximate surface area is 158 Å². The molecule has 142 valence electrons. The van der Waals surface area contributed by atoms with Crippen molar-refractivity contribution in [1.82, 2.24) is 9.80 Å². The van der Waals surface area contributed by atoms with E-state index < -0.39 is 23.6 Å². The molecule has 2 saturated heterocycles. The average Bonchev–Trinajstić information content (AvgIpc) is 3.42. The molecule has 8 nitrogen and oxygen atoms in total. The highest BCUT2D eigenvalue weighted by atomic mass is 32.1. The van der Waals surface area contributed by atoms with Crippen molar-refractivity contribution in [1.29, 1.82) is 0 Å². The molecule has 0 saturated carbocycles. The number of likely N-dealkylation sites (tertiary alicyclic amines) is 1. The number of carbonyl (C=O) groups is 3. The number of hydrogen-bond acceptors (Lipinski definition) is 7. The molecule has 1 atom stereocenters. The molecule has 4 heterocycles. The van der Waals surface area contributed by atoms with Crippen molar-refractivity contribution in [3.8, 4) is 0 Å². The van der Waals surface area contributed by atoms with Crippen LogP contribution in [0.1, 0.15) is 33.1 Å². The van der Waals surface area contributed by atoms with Crippen LogP contribution in [-0.2, 0) is 9.53 Å². The van der Waals surface area contributed by atoms with Gasteiger partial charge in [-0.05, 0) is 23.6 Å². The summed E-state index contributed by atoms with van der Waals surface area (Å²) < 4.78 is 11.0. The summed E-state index contributed by atoms with van der Waals surface area (Å²) in [6.07, 6.45) is 1.99. The minimum Gasteiger partial charge on any atom is -0.548 e. The number of nitrogens with zero attached hydrogens (tertiary/aromatic N) is 2. The lowest BCUT2D eigenvalue weighted by molar-refractivity contribution is -0.310. The number of rotatable bonds is 3. The lowest BCUT2D eigenvalue weighted by Gasteiger charge is -2.44. The molecule has 2 amide bonds. The Morgan fingerprint density at radius 2 is 1.93 bits per heavy atom. The fourth-order valence-electron chi connectivity index (χ4n) is 3.68. The van der Waals surface area contributed by atoms with Gasteiger partial charge < -0.3 is 24.0 Å². The van der Waals surface area contributed by atoms with Crippen molar-refractivity contribution >= 4 is 29.1 Å². The van der Waals surface area contributed by atoms with E-state index in [2.05, 4.69) is 0 Å². The molecule has 0 radical (unpaired) electrons. The molecule has 0 bridgehead atoms. The first-order valence-corrected chi connectivity index (χ1v) is 9.44. The third-order valence-electron chi connectivity index (χ3n) is 5.05. The Bertz CT molecular complexity index is 839. The average molecular weight is 389 g/mol. The van der Waals surface area contributed by atoms with Crippen molar-refractivity contribution < 1.29 is 28.6 Å². The fourth-order valence-corrected chi connectivity index (χ4v) is 4.37. The van der Waals surface area contributed by atoms with Crippen LogP contribution < -0.4 is 5.11 Å². The predicted octanol–water partition coefficient (Wildman–Crippen LogP) is 0.565. The Kier molecular flexibility index (Phi) is 4.48. The first-order chi connectivity index (χ1) is 13.0. The lowest BCUT2D eigenvalue weighted by Crippen LogP contribution is -2.60. The van der Waals surface area contributed by atoms with E-state index in [4.69, 9.17) is 9.15 Å². The molecule has 2 aromatic heterocycles. The van der Waals surface area contributed by atoms with E-state index in [-0.39, 0.29) is 18.3 Å². The molecule has 0 aromatic carbocycles. The number of piperidine rings is 1. The van der Waals surface area contributed by atoms with Crippen molar-refractivity contribution in [2.24, 2.45) is 0 Å². The molecular formula is C18H17N2O6S-. The molecule has 2 aromatic rings. The molecule has 9 heteroatoms. The van der Waals surface area contributed by atoms with E-state index >= 15 is 0 Å². The predicted molar refractivity (Wildman–Crippen MR) is 91.8 cm³/mol. The van der Waals surface area contributed by atoms with Gasteiger partial charge >= 0.3 is 0 Å². The highest BCUT2D eigenvalue weighted by Crippen LogP contribution is 2.38. The molecule has 4 rings (SSSR count). The van der Waals surface area contributed by atoms with Gasteiger partial charge in [0.05, 0.1) is 29.8 Å². The Morgan fingerprint density at radius 1 is 1.15 bits per heavy atom.